The third-order valence-corrected chi connectivity index (χ3v) is 3.84. The molecule has 2 atom stereocenters. The molecule has 0 amide bonds. The lowest BCUT2D eigenvalue weighted by Gasteiger charge is -2.31. The van der Waals surface area contributed by atoms with Gasteiger partial charge in [-0.15, -0.1) is 0 Å². The summed E-state index contributed by atoms with van der Waals surface area (Å²) in [5, 5.41) is 12.0. The normalized spacial score (nSPS) is 28.2. The summed E-state index contributed by atoms with van der Waals surface area (Å²) in [4.78, 5) is 0. The number of hydrogen-bond donors (Lipinski definition) is 1. The summed E-state index contributed by atoms with van der Waals surface area (Å²) < 4.78 is 6.09. The topological polar surface area (TPSA) is 41.8 Å². The molecule has 1 aliphatic carbocycles. The molecule has 1 aromatic carbocycles. The second-order valence-electron chi connectivity index (χ2n) is 5.87. The number of oxime groups is 1. The van der Waals surface area contributed by atoms with Crippen LogP contribution in [-0.4, -0.2) is 17.0 Å². The molecule has 1 N–H and O–H groups in total. The first-order valence-corrected chi connectivity index (χ1v) is 7.04. The highest BCUT2D eigenvalue weighted by Gasteiger charge is 2.25. The molecule has 0 saturated heterocycles. The van der Waals surface area contributed by atoms with Crippen LogP contribution in [0, 0.1) is 11.8 Å². The van der Waals surface area contributed by atoms with E-state index in [1.165, 1.54) is 6.42 Å². The van der Waals surface area contributed by atoms with Gasteiger partial charge in [0.05, 0.1) is 11.8 Å². The van der Waals surface area contributed by atoms with Crippen molar-refractivity contribution < 1.29 is 9.94 Å². The summed E-state index contributed by atoms with van der Waals surface area (Å²) in [7, 11) is 0. The van der Waals surface area contributed by atoms with Gasteiger partial charge in [-0.25, -0.2) is 0 Å². The van der Waals surface area contributed by atoms with Gasteiger partial charge < -0.3 is 9.94 Å². The van der Waals surface area contributed by atoms with Crippen molar-refractivity contribution >= 4 is 5.71 Å². The van der Waals surface area contributed by atoms with E-state index in [1.807, 2.05) is 24.3 Å². The van der Waals surface area contributed by atoms with E-state index in [-0.39, 0.29) is 0 Å². The molecule has 0 aromatic heterocycles. The Morgan fingerprint density at radius 2 is 1.89 bits per heavy atom. The van der Waals surface area contributed by atoms with E-state index in [4.69, 9.17) is 9.94 Å². The van der Waals surface area contributed by atoms with E-state index in [0.717, 1.165) is 36.0 Å². The second kappa shape index (κ2) is 6.09. The summed E-state index contributed by atoms with van der Waals surface area (Å²) in [5.41, 5.74) is 1.51. The maximum Gasteiger partial charge on any atom is 0.120 e. The summed E-state index contributed by atoms with van der Waals surface area (Å²) in [6.45, 7) is 6.37. The van der Waals surface area contributed by atoms with Crippen LogP contribution in [-0.2, 0) is 0 Å². The molecule has 0 bridgehead atoms. The third kappa shape index (κ3) is 3.72. The molecule has 1 aliphatic rings. The maximum absolute atomic E-state index is 8.82. The molecule has 0 heterocycles. The SMILES string of the molecule is CC(=NO)c1cccc(OC2CC(C)CC(C)C2)c1. The molecule has 2 unspecified atom stereocenters. The molecule has 1 aromatic rings. The van der Waals surface area contributed by atoms with Crippen LogP contribution >= 0.6 is 0 Å². The fourth-order valence-corrected chi connectivity index (χ4v) is 3.01. The quantitative estimate of drug-likeness (QED) is 0.506. The summed E-state index contributed by atoms with van der Waals surface area (Å²) in [6, 6.07) is 7.78. The highest BCUT2D eigenvalue weighted by Crippen LogP contribution is 2.31. The predicted molar refractivity (Wildman–Crippen MR) is 77.0 cm³/mol. The number of hydrogen-bond acceptors (Lipinski definition) is 3. The Bertz CT molecular complexity index is 446. The first-order valence-electron chi connectivity index (χ1n) is 7.04. The highest BCUT2D eigenvalue weighted by atomic mass is 16.5. The lowest BCUT2D eigenvalue weighted by molar-refractivity contribution is 0.101. The standard InChI is InChI=1S/C16H23NO2/c1-11-7-12(2)9-16(8-11)19-15-6-4-5-14(10-15)13(3)17-18/h4-6,10-12,16,18H,7-9H2,1-3H3. The molecule has 0 radical (unpaired) electrons. The van der Waals surface area contributed by atoms with Gasteiger partial charge in [0.25, 0.3) is 0 Å². The highest BCUT2D eigenvalue weighted by molar-refractivity contribution is 5.98. The molecule has 104 valence electrons. The van der Waals surface area contributed by atoms with E-state index in [9.17, 15) is 0 Å². The number of nitrogens with zero attached hydrogens (tertiary/aromatic N) is 1. The van der Waals surface area contributed by atoms with Crippen molar-refractivity contribution in [2.45, 2.75) is 46.1 Å². The van der Waals surface area contributed by atoms with Crippen molar-refractivity contribution in [2.24, 2.45) is 17.0 Å². The van der Waals surface area contributed by atoms with Crippen LogP contribution in [0.5, 0.6) is 5.75 Å². The lowest BCUT2D eigenvalue weighted by atomic mass is 9.82. The Hall–Kier alpha value is -1.51. The number of rotatable bonds is 3. The molecule has 1 fully saturated rings. The van der Waals surface area contributed by atoms with Crippen molar-refractivity contribution in [3.63, 3.8) is 0 Å². The average Bonchev–Trinajstić information content (AvgIpc) is 2.37. The van der Waals surface area contributed by atoms with E-state index in [1.54, 1.807) is 6.92 Å². The zero-order valence-electron chi connectivity index (χ0n) is 12.0. The van der Waals surface area contributed by atoms with Crippen molar-refractivity contribution in [3.05, 3.63) is 29.8 Å². The van der Waals surface area contributed by atoms with Gasteiger partial charge in [-0.1, -0.05) is 31.1 Å². The molecular formula is C16H23NO2. The molecule has 3 nitrogen and oxygen atoms in total. The minimum atomic E-state index is 0.306. The van der Waals surface area contributed by atoms with Crippen LogP contribution in [0.25, 0.3) is 0 Å². The van der Waals surface area contributed by atoms with E-state index in [2.05, 4.69) is 19.0 Å². The Kier molecular flexibility index (Phi) is 4.46. The molecule has 0 spiro atoms. The van der Waals surface area contributed by atoms with Crippen LogP contribution in [0.3, 0.4) is 0 Å². The van der Waals surface area contributed by atoms with Crippen molar-refractivity contribution in [3.8, 4) is 5.75 Å². The van der Waals surface area contributed by atoms with Gasteiger partial charge >= 0.3 is 0 Å². The predicted octanol–water partition coefficient (Wildman–Crippen LogP) is 4.09. The summed E-state index contributed by atoms with van der Waals surface area (Å²) >= 11 is 0. The van der Waals surface area contributed by atoms with Gasteiger partial charge in [0, 0.05) is 5.56 Å². The monoisotopic (exact) mass is 261 g/mol. The van der Waals surface area contributed by atoms with Crippen molar-refractivity contribution in [1.82, 2.24) is 0 Å². The summed E-state index contributed by atoms with van der Waals surface area (Å²) in [6.07, 6.45) is 3.86. The minimum absolute atomic E-state index is 0.306. The molecule has 3 heteroatoms. The van der Waals surface area contributed by atoms with Gasteiger partial charge in [-0.3, -0.25) is 0 Å². The van der Waals surface area contributed by atoms with Crippen LogP contribution < -0.4 is 4.74 Å². The fourth-order valence-electron chi connectivity index (χ4n) is 3.01. The largest absolute Gasteiger partial charge is 0.490 e. The second-order valence-corrected chi connectivity index (χ2v) is 5.87. The smallest absolute Gasteiger partial charge is 0.120 e. The summed E-state index contributed by atoms with van der Waals surface area (Å²) in [5.74, 6) is 2.34. The molecule has 0 aliphatic heterocycles. The number of benzene rings is 1. The first-order chi connectivity index (χ1) is 9.08. The van der Waals surface area contributed by atoms with Crippen molar-refractivity contribution in [1.29, 1.82) is 0 Å². The first kappa shape index (κ1) is 13.9. The lowest BCUT2D eigenvalue weighted by Crippen LogP contribution is -2.28. The van der Waals surface area contributed by atoms with E-state index >= 15 is 0 Å². The van der Waals surface area contributed by atoms with E-state index in [0.29, 0.717) is 11.8 Å². The average molecular weight is 261 g/mol. The van der Waals surface area contributed by atoms with Gasteiger partial charge in [0.15, 0.2) is 0 Å². The third-order valence-electron chi connectivity index (χ3n) is 3.84. The Balaban J connectivity index is 2.06. The Labute approximate surface area is 115 Å². The van der Waals surface area contributed by atoms with Gasteiger partial charge in [0.1, 0.15) is 5.75 Å². The van der Waals surface area contributed by atoms with Crippen LogP contribution in [0.2, 0.25) is 0 Å². The molecule has 19 heavy (non-hydrogen) atoms. The zero-order chi connectivity index (χ0) is 13.8. The number of ether oxygens (including phenoxy) is 1. The van der Waals surface area contributed by atoms with Crippen LogP contribution in [0.4, 0.5) is 0 Å². The van der Waals surface area contributed by atoms with Crippen LogP contribution in [0.1, 0.15) is 45.6 Å². The van der Waals surface area contributed by atoms with E-state index < -0.39 is 0 Å². The van der Waals surface area contributed by atoms with Gasteiger partial charge in [-0.2, -0.15) is 0 Å². The van der Waals surface area contributed by atoms with Gasteiger partial charge in [0.2, 0.25) is 0 Å². The van der Waals surface area contributed by atoms with Gasteiger partial charge in [-0.05, 0) is 50.2 Å². The Morgan fingerprint density at radius 3 is 2.53 bits per heavy atom. The fraction of sp³-hybridized carbons (Fsp3) is 0.562. The Morgan fingerprint density at radius 1 is 1.21 bits per heavy atom. The molecular weight excluding hydrogens is 238 g/mol. The molecule has 2 rings (SSSR count). The minimum Gasteiger partial charge on any atom is -0.490 e. The van der Waals surface area contributed by atoms with Crippen molar-refractivity contribution in [2.75, 3.05) is 0 Å². The zero-order valence-corrected chi connectivity index (χ0v) is 12.0. The maximum atomic E-state index is 8.82. The van der Waals surface area contributed by atoms with Crippen LogP contribution in [0.15, 0.2) is 29.4 Å². The molecule has 1 saturated carbocycles.